The van der Waals surface area contributed by atoms with Gasteiger partial charge in [0.05, 0.1) is 17.8 Å². The molecule has 228 valence electrons. The molecule has 7 rings (SSSR count). The van der Waals surface area contributed by atoms with Crippen molar-refractivity contribution in [3.8, 4) is 28.7 Å². The van der Waals surface area contributed by atoms with E-state index in [0.717, 1.165) is 88.2 Å². The Morgan fingerprint density at radius 1 is 1.05 bits per heavy atom. The Labute approximate surface area is 256 Å². The fourth-order valence-electron chi connectivity index (χ4n) is 7.46. The van der Waals surface area contributed by atoms with Gasteiger partial charge in [-0.25, -0.2) is 19.2 Å². The highest BCUT2D eigenvalue weighted by molar-refractivity contribution is 5.76. The number of hydrogen-bond donors (Lipinski definition) is 2. The Balaban J connectivity index is 0.980. The normalized spacial score (nSPS) is 22.5. The number of hydrogen-bond acceptors (Lipinski definition) is 7. The minimum Gasteiger partial charge on any atom is -0.465 e. The van der Waals surface area contributed by atoms with Crippen LogP contribution in [0.15, 0.2) is 48.9 Å². The highest BCUT2D eigenvalue weighted by Crippen LogP contribution is 2.48. The van der Waals surface area contributed by atoms with E-state index in [4.69, 9.17) is 9.84 Å². The number of aromatic nitrogens is 2. The van der Waals surface area contributed by atoms with Crippen LogP contribution < -0.4 is 15.0 Å². The minimum absolute atomic E-state index is 0.110. The van der Waals surface area contributed by atoms with Crippen molar-refractivity contribution >= 4 is 11.9 Å². The van der Waals surface area contributed by atoms with Crippen molar-refractivity contribution in [1.82, 2.24) is 20.2 Å². The first kappa shape index (κ1) is 28.5. The molecule has 44 heavy (non-hydrogen) atoms. The molecule has 0 bridgehead atoms. The van der Waals surface area contributed by atoms with E-state index in [9.17, 15) is 14.4 Å². The van der Waals surface area contributed by atoms with Crippen molar-refractivity contribution in [2.24, 2.45) is 11.3 Å². The van der Waals surface area contributed by atoms with Crippen LogP contribution >= 0.6 is 0 Å². The number of likely N-dealkylation sites (tertiary alicyclic amines) is 1. The van der Waals surface area contributed by atoms with Gasteiger partial charge in [-0.2, -0.15) is 5.26 Å². The van der Waals surface area contributed by atoms with Crippen molar-refractivity contribution in [3.05, 3.63) is 65.9 Å². The summed E-state index contributed by atoms with van der Waals surface area (Å²) in [5.74, 6) is 2.53. The first-order valence-corrected chi connectivity index (χ1v) is 15.7. The molecule has 0 unspecified atom stereocenters. The third-order valence-electron chi connectivity index (χ3n) is 9.81. The van der Waals surface area contributed by atoms with E-state index in [-0.39, 0.29) is 17.3 Å². The van der Waals surface area contributed by atoms with E-state index < -0.39 is 6.09 Å². The van der Waals surface area contributed by atoms with Crippen LogP contribution in [0.1, 0.15) is 62.0 Å². The molecule has 3 heterocycles. The van der Waals surface area contributed by atoms with Crippen molar-refractivity contribution in [2.75, 3.05) is 37.6 Å². The number of carbonyl (C=O) groups is 1. The van der Waals surface area contributed by atoms with Crippen LogP contribution in [0.3, 0.4) is 0 Å². The maximum absolute atomic E-state index is 14.5. The minimum atomic E-state index is -0.916. The quantitative estimate of drug-likeness (QED) is 0.302. The van der Waals surface area contributed by atoms with Crippen LogP contribution in [0.4, 0.5) is 15.0 Å². The van der Waals surface area contributed by atoms with Gasteiger partial charge in [0.2, 0.25) is 0 Å². The predicted molar refractivity (Wildman–Crippen MR) is 163 cm³/mol. The molecule has 1 amide bonds. The summed E-state index contributed by atoms with van der Waals surface area (Å²) >= 11 is 0. The zero-order valence-corrected chi connectivity index (χ0v) is 24.7. The average Bonchev–Trinajstić information content (AvgIpc) is 3.83. The molecule has 1 aromatic heterocycles. The Morgan fingerprint density at radius 3 is 2.57 bits per heavy atom. The molecule has 2 aromatic carbocycles. The Bertz CT molecular complexity index is 1580. The Morgan fingerprint density at radius 2 is 1.84 bits per heavy atom. The number of nitrogens with zero attached hydrogens (tertiary/aromatic N) is 5. The standard InChI is InChI=1S/C34H37FN6O3/c35-25-6-10-30(29(14-25)27-9-3-23(15-36)13-28(27)24-4-5-24)44-31-16-37-21-38-32(31)41-19-34(20-41)17-40(18-34)12-11-22-1-7-26(8-2-22)39-33(42)43/h3,6,9-10,13-14,16,21-22,24,26,39H,1-2,4-5,7-8,11-12,17-20H2,(H,42,43). The summed E-state index contributed by atoms with van der Waals surface area (Å²) in [6, 6.07) is 12.5. The molecule has 9 nitrogen and oxygen atoms in total. The van der Waals surface area contributed by atoms with E-state index in [0.29, 0.717) is 34.5 Å². The topological polar surface area (TPSA) is 115 Å². The van der Waals surface area contributed by atoms with Crippen LogP contribution in [-0.4, -0.2) is 64.8 Å². The molecule has 4 fully saturated rings. The van der Waals surface area contributed by atoms with Crippen molar-refractivity contribution in [1.29, 1.82) is 5.26 Å². The highest BCUT2D eigenvalue weighted by atomic mass is 19.1. The Kier molecular flexibility index (Phi) is 7.58. The first-order valence-electron chi connectivity index (χ1n) is 15.7. The van der Waals surface area contributed by atoms with E-state index in [1.54, 1.807) is 24.7 Å². The van der Waals surface area contributed by atoms with Crippen LogP contribution in [-0.2, 0) is 0 Å². The van der Waals surface area contributed by atoms with E-state index in [1.165, 1.54) is 18.6 Å². The monoisotopic (exact) mass is 596 g/mol. The largest absolute Gasteiger partial charge is 0.465 e. The summed E-state index contributed by atoms with van der Waals surface area (Å²) in [7, 11) is 0. The van der Waals surface area contributed by atoms with Gasteiger partial charge in [0.15, 0.2) is 11.6 Å². The molecule has 1 spiro atoms. The molecule has 0 radical (unpaired) electrons. The second-order valence-electron chi connectivity index (χ2n) is 13.2. The first-order chi connectivity index (χ1) is 21.4. The molecule has 2 saturated heterocycles. The average molecular weight is 597 g/mol. The summed E-state index contributed by atoms with van der Waals surface area (Å²) in [5, 5.41) is 21.0. The summed E-state index contributed by atoms with van der Waals surface area (Å²) < 4.78 is 21.0. The molecule has 0 atom stereocenters. The number of halogens is 1. The van der Waals surface area contributed by atoms with Crippen LogP contribution in [0.2, 0.25) is 0 Å². The number of benzene rings is 2. The molecule has 10 heteroatoms. The fraction of sp³-hybridized carbons (Fsp3) is 0.471. The molecule has 2 saturated carbocycles. The predicted octanol–water partition coefficient (Wildman–Crippen LogP) is 6.16. The third-order valence-corrected chi connectivity index (χ3v) is 9.81. The van der Waals surface area contributed by atoms with Gasteiger partial charge >= 0.3 is 6.09 Å². The second-order valence-corrected chi connectivity index (χ2v) is 13.2. The van der Waals surface area contributed by atoms with Crippen molar-refractivity contribution in [2.45, 2.75) is 56.9 Å². The number of anilines is 1. The van der Waals surface area contributed by atoms with Gasteiger partial charge < -0.3 is 25.0 Å². The SMILES string of the molecule is N#Cc1ccc(-c2cc(F)ccc2Oc2cncnc2N2CC3(CN(CCC4CCC(NC(=O)O)CC4)C3)C2)c(C2CC2)c1. The summed E-state index contributed by atoms with van der Waals surface area (Å²) in [6.07, 6.45) is 9.66. The van der Waals surface area contributed by atoms with Crippen LogP contribution in [0.25, 0.3) is 11.1 Å². The summed E-state index contributed by atoms with van der Waals surface area (Å²) in [6.45, 7) is 5.05. The van der Waals surface area contributed by atoms with E-state index >= 15 is 0 Å². The zero-order chi connectivity index (χ0) is 30.3. The van der Waals surface area contributed by atoms with Gasteiger partial charge in [-0.3, -0.25) is 0 Å². The zero-order valence-electron chi connectivity index (χ0n) is 24.7. The molecule has 2 N–H and O–H groups in total. The number of ether oxygens (including phenoxy) is 1. The van der Waals surface area contributed by atoms with E-state index in [2.05, 4.69) is 31.2 Å². The Hall–Kier alpha value is -4.23. The third kappa shape index (κ3) is 5.93. The highest BCUT2D eigenvalue weighted by Gasteiger charge is 2.52. The van der Waals surface area contributed by atoms with E-state index in [1.807, 2.05) is 12.1 Å². The van der Waals surface area contributed by atoms with Gasteiger partial charge in [-0.1, -0.05) is 6.07 Å². The lowest BCUT2D eigenvalue weighted by Gasteiger charge is -2.61. The van der Waals surface area contributed by atoms with Gasteiger partial charge in [-0.05, 0) is 105 Å². The lowest BCUT2D eigenvalue weighted by molar-refractivity contribution is -0.0257. The number of rotatable bonds is 9. The summed E-state index contributed by atoms with van der Waals surface area (Å²) in [5.41, 5.74) is 3.49. The number of carboxylic acid groups (broad SMARTS) is 1. The molecule has 3 aromatic rings. The smallest absolute Gasteiger partial charge is 0.404 e. The molecular formula is C34H37FN6O3. The van der Waals surface area contributed by atoms with Gasteiger partial charge in [0, 0.05) is 43.2 Å². The molecular weight excluding hydrogens is 559 g/mol. The van der Waals surface area contributed by atoms with Crippen molar-refractivity contribution < 1.29 is 19.0 Å². The van der Waals surface area contributed by atoms with Gasteiger partial charge in [-0.15, -0.1) is 0 Å². The molecule has 2 aliphatic heterocycles. The van der Waals surface area contributed by atoms with Crippen LogP contribution in [0.5, 0.6) is 11.5 Å². The van der Waals surface area contributed by atoms with Crippen molar-refractivity contribution in [3.63, 3.8) is 0 Å². The van der Waals surface area contributed by atoms with Gasteiger partial charge in [0.1, 0.15) is 17.9 Å². The fourth-order valence-corrected chi connectivity index (χ4v) is 7.46. The maximum atomic E-state index is 14.5. The van der Waals surface area contributed by atoms with Crippen LogP contribution in [0, 0.1) is 28.5 Å². The van der Waals surface area contributed by atoms with Gasteiger partial charge in [0.25, 0.3) is 0 Å². The lowest BCUT2D eigenvalue weighted by Crippen LogP contribution is -2.72. The molecule has 4 aliphatic rings. The lowest BCUT2D eigenvalue weighted by atomic mass is 9.72. The summed E-state index contributed by atoms with van der Waals surface area (Å²) in [4.78, 5) is 24.5. The number of nitrogens with one attached hydrogen (secondary N) is 1. The molecule has 2 aliphatic carbocycles. The maximum Gasteiger partial charge on any atom is 0.404 e. The number of nitriles is 1. The second kappa shape index (κ2) is 11.7. The number of amides is 1.